The first-order chi connectivity index (χ1) is 12.5. The van der Waals surface area contributed by atoms with Gasteiger partial charge in [-0.2, -0.15) is 9.67 Å². The summed E-state index contributed by atoms with van der Waals surface area (Å²) in [7, 11) is 0. The summed E-state index contributed by atoms with van der Waals surface area (Å²) in [5, 5.41) is 12.1. The molecular formula is C16H9ClF2N6O. The minimum absolute atomic E-state index is 0.0150. The normalized spacial score (nSPS) is 11.0. The number of nitrogens with zero attached hydrogens (tertiary/aromatic N) is 5. The topological polar surface area (TPSA) is 95.7 Å². The molecule has 10 heteroatoms. The molecule has 0 radical (unpaired) electrons. The van der Waals surface area contributed by atoms with Gasteiger partial charge in [-0.3, -0.25) is 0 Å². The maximum atomic E-state index is 13.9. The molecule has 26 heavy (non-hydrogen) atoms. The van der Waals surface area contributed by atoms with E-state index in [4.69, 9.17) is 21.9 Å². The lowest BCUT2D eigenvalue weighted by molar-refractivity contribution is 0.431. The van der Waals surface area contributed by atoms with E-state index in [2.05, 4.69) is 20.5 Å². The molecule has 2 aromatic carbocycles. The molecule has 0 saturated carbocycles. The third-order valence-corrected chi connectivity index (χ3v) is 3.83. The van der Waals surface area contributed by atoms with Gasteiger partial charge in [0.25, 0.3) is 5.89 Å². The van der Waals surface area contributed by atoms with E-state index in [1.807, 2.05) is 0 Å². The second-order valence-corrected chi connectivity index (χ2v) is 5.70. The van der Waals surface area contributed by atoms with E-state index in [-0.39, 0.29) is 23.1 Å². The van der Waals surface area contributed by atoms with Crippen molar-refractivity contribution in [1.82, 2.24) is 25.1 Å². The smallest absolute Gasteiger partial charge is 0.282 e. The number of nitrogen functional groups attached to an aromatic ring is 1. The quantitative estimate of drug-likeness (QED) is 0.589. The fourth-order valence-corrected chi connectivity index (χ4v) is 2.43. The van der Waals surface area contributed by atoms with Crippen LogP contribution >= 0.6 is 11.6 Å². The van der Waals surface area contributed by atoms with Crippen molar-refractivity contribution in [2.24, 2.45) is 0 Å². The Hall–Kier alpha value is -3.33. The van der Waals surface area contributed by atoms with Crippen molar-refractivity contribution in [2.45, 2.75) is 0 Å². The molecule has 0 bridgehead atoms. The van der Waals surface area contributed by atoms with Crippen LogP contribution < -0.4 is 5.73 Å². The summed E-state index contributed by atoms with van der Waals surface area (Å²) >= 11 is 5.85. The van der Waals surface area contributed by atoms with Gasteiger partial charge in [-0.05, 0) is 36.4 Å². The van der Waals surface area contributed by atoms with Crippen LogP contribution in [0.1, 0.15) is 0 Å². The average Bonchev–Trinajstić information content (AvgIpc) is 3.23. The summed E-state index contributed by atoms with van der Waals surface area (Å²) < 4.78 is 33.2. The summed E-state index contributed by atoms with van der Waals surface area (Å²) in [6.07, 6.45) is 0. The highest BCUT2D eigenvalue weighted by Crippen LogP contribution is 2.27. The molecule has 0 spiro atoms. The predicted octanol–water partition coefficient (Wildman–Crippen LogP) is 3.50. The van der Waals surface area contributed by atoms with Crippen molar-refractivity contribution >= 4 is 17.4 Å². The molecule has 2 N–H and O–H groups in total. The largest absolute Gasteiger partial charge is 0.382 e. The Labute approximate surface area is 150 Å². The van der Waals surface area contributed by atoms with Crippen molar-refractivity contribution in [3.8, 4) is 28.7 Å². The lowest BCUT2D eigenvalue weighted by Gasteiger charge is -2.04. The van der Waals surface area contributed by atoms with Gasteiger partial charge in [-0.15, -0.1) is 5.10 Å². The molecule has 0 amide bonds. The number of rotatable bonds is 3. The molecule has 0 unspecified atom stereocenters. The van der Waals surface area contributed by atoms with Gasteiger partial charge in [-0.1, -0.05) is 22.0 Å². The average molecular weight is 375 g/mol. The minimum atomic E-state index is -0.833. The summed E-state index contributed by atoms with van der Waals surface area (Å²) in [4.78, 5) is 4.21. The van der Waals surface area contributed by atoms with Crippen molar-refractivity contribution in [1.29, 1.82) is 0 Å². The summed E-state index contributed by atoms with van der Waals surface area (Å²) in [5.41, 5.74) is 6.68. The first kappa shape index (κ1) is 16.2. The maximum absolute atomic E-state index is 13.9. The first-order valence-corrected chi connectivity index (χ1v) is 7.67. The van der Waals surface area contributed by atoms with Crippen LogP contribution in [-0.4, -0.2) is 25.1 Å². The highest BCUT2D eigenvalue weighted by molar-refractivity contribution is 6.30. The Morgan fingerprint density at radius 2 is 1.85 bits per heavy atom. The van der Waals surface area contributed by atoms with E-state index in [1.54, 1.807) is 24.3 Å². The van der Waals surface area contributed by atoms with Gasteiger partial charge in [0, 0.05) is 16.7 Å². The van der Waals surface area contributed by atoms with Gasteiger partial charge in [0.2, 0.25) is 5.82 Å². The summed E-state index contributed by atoms with van der Waals surface area (Å²) in [5.74, 6) is -1.25. The lowest BCUT2D eigenvalue weighted by atomic mass is 10.2. The van der Waals surface area contributed by atoms with Gasteiger partial charge in [0.1, 0.15) is 11.5 Å². The van der Waals surface area contributed by atoms with Crippen LogP contribution in [0, 0.1) is 11.6 Å². The van der Waals surface area contributed by atoms with Crippen LogP contribution in [-0.2, 0) is 0 Å². The maximum Gasteiger partial charge on any atom is 0.282 e. The number of halogens is 3. The molecule has 0 atom stereocenters. The first-order valence-electron chi connectivity index (χ1n) is 7.29. The van der Waals surface area contributed by atoms with E-state index in [9.17, 15) is 8.78 Å². The number of nitrogens with two attached hydrogens (primary N) is 1. The number of hydrogen-bond donors (Lipinski definition) is 1. The van der Waals surface area contributed by atoms with E-state index < -0.39 is 11.6 Å². The molecule has 2 aromatic heterocycles. The highest BCUT2D eigenvalue weighted by atomic mass is 35.5. The zero-order valence-electron chi connectivity index (χ0n) is 12.9. The van der Waals surface area contributed by atoms with Crippen LogP contribution in [0.2, 0.25) is 5.02 Å². The molecule has 4 aromatic rings. The second-order valence-electron chi connectivity index (χ2n) is 5.26. The lowest BCUT2D eigenvalue weighted by Crippen LogP contribution is -2.05. The van der Waals surface area contributed by atoms with E-state index in [0.717, 1.165) is 16.8 Å². The van der Waals surface area contributed by atoms with Gasteiger partial charge < -0.3 is 10.3 Å². The highest BCUT2D eigenvalue weighted by Gasteiger charge is 2.21. The fourth-order valence-electron chi connectivity index (χ4n) is 2.31. The second kappa shape index (κ2) is 6.19. The Bertz CT molecular complexity index is 1090. The standard InChI is InChI=1S/C16H9ClF2N6O/c17-9-3-1-8(2-4-9)15-21-16(26-23-15)13-14(20)25(24-22-13)12-6-5-10(18)7-11(12)19/h1-7H,20H2. The van der Waals surface area contributed by atoms with Crippen molar-refractivity contribution in [3.05, 3.63) is 59.1 Å². The molecule has 0 fully saturated rings. The fraction of sp³-hybridized carbons (Fsp3) is 0. The van der Waals surface area contributed by atoms with Crippen LogP contribution in [0.4, 0.5) is 14.6 Å². The van der Waals surface area contributed by atoms with Gasteiger partial charge in [0.15, 0.2) is 17.3 Å². The Balaban J connectivity index is 1.72. The molecule has 7 nitrogen and oxygen atoms in total. The molecule has 0 saturated heterocycles. The van der Waals surface area contributed by atoms with Crippen LogP contribution in [0.15, 0.2) is 47.0 Å². The molecular weight excluding hydrogens is 366 g/mol. The Morgan fingerprint density at radius 3 is 2.58 bits per heavy atom. The molecule has 0 aliphatic carbocycles. The number of anilines is 1. The minimum Gasteiger partial charge on any atom is -0.382 e. The predicted molar refractivity (Wildman–Crippen MR) is 89.4 cm³/mol. The zero-order valence-corrected chi connectivity index (χ0v) is 13.7. The van der Waals surface area contributed by atoms with E-state index in [0.29, 0.717) is 16.4 Å². The summed E-state index contributed by atoms with van der Waals surface area (Å²) in [6.45, 7) is 0. The molecule has 2 heterocycles. The van der Waals surface area contributed by atoms with E-state index >= 15 is 0 Å². The van der Waals surface area contributed by atoms with Crippen molar-refractivity contribution in [2.75, 3.05) is 5.73 Å². The van der Waals surface area contributed by atoms with Crippen molar-refractivity contribution < 1.29 is 13.3 Å². The van der Waals surface area contributed by atoms with Gasteiger partial charge in [-0.25, -0.2) is 8.78 Å². The number of benzene rings is 2. The molecule has 0 aliphatic heterocycles. The Morgan fingerprint density at radius 1 is 1.08 bits per heavy atom. The number of aromatic nitrogens is 5. The Kier molecular flexibility index (Phi) is 3.85. The van der Waals surface area contributed by atoms with Gasteiger partial charge in [0.05, 0.1) is 0 Å². The summed E-state index contributed by atoms with van der Waals surface area (Å²) in [6, 6.07) is 9.85. The van der Waals surface area contributed by atoms with E-state index in [1.165, 1.54) is 6.07 Å². The van der Waals surface area contributed by atoms with Crippen LogP contribution in [0.25, 0.3) is 28.7 Å². The number of hydrogen-bond acceptors (Lipinski definition) is 6. The SMILES string of the molecule is Nc1c(-c2nc(-c3ccc(Cl)cc3)no2)nnn1-c1ccc(F)cc1F. The third-order valence-electron chi connectivity index (χ3n) is 3.57. The van der Waals surface area contributed by atoms with Crippen LogP contribution in [0.5, 0.6) is 0 Å². The van der Waals surface area contributed by atoms with Crippen molar-refractivity contribution in [3.63, 3.8) is 0 Å². The zero-order chi connectivity index (χ0) is 18.3. The molecule has 130 valence electrons. The molecule has 0 aliphatic rings. The third kappa shape index (κ3) is 2.78. The monoisotopic (exact) mass is 374 g/mol. The van der Waals surface area contributed by atoms with Crippen LogP contribution in [0.3, 0.4) is 0 Å². The van der Waals surface area contributed by atoms with Gasteiger partial charge >= 0.3 is 0 Å². The molecule has 4 rings (SSSR count).